The van der Waals surface area contributed by atoms with Crippen molar-refractivity contribution in [2.24, 2.45) is 0 Å². The van der Waals surface area contributed by atoms with Crippen LogP contribution in [0.5, 0.6) is 46.0 Å². The first kappa shape index (κ1) is 32.3. The van der Waals surface area contributed by atoms with Crippen molar-refractivity contribution in [1.82, 2.24) is 0 Å². The molecule has 0 saturated heterocycles. The molecule has 12 bridgehead atoms. The van der Waals surface area contributed by atoms with Crippen LogP contribution in [0.2, 0.25) is 0 Å². The summed E-state index contributed by atoms with van der Waals surface area (Å²) in [5.41, 5.74) is 7.12. The highest BCUT2D eigenvalue weighted by Gasteiger charge is 2.17. The third kappa shape index (κ3) is 6.69. The van der Waals surface area contributed by atoms with Gasteiger partial charge in [0.15, 0.2) is 0 Å². The Hall–Kier alpha value is -6.28. The molecule has 50 heavy (non-hydrogen) atoms. The highest BCUT2D eigenvalue weighted by atomic mass is 16.3. The van der Waals surface area contributed by atoms with Gasteiger partial charge < -0.3 is 40.9 Å². The minimum atomic E-state index is -0.0461. The van der Waals surface area contributed by atoms with Crippen molar-refractivity contribution in [1.29, 1.82) is 0 Å². The van der Waals surface area contributed by atoms with Crippen molar-refractivity contribution in [3.05, 3.63) is 164 Å². The van der Waals surface area contributed by atoms with Gasteiger partial charge in [0.25, 0.3) is 0 Å². The minimum absolute atomic E-state index is 0.00917. The van der Waals surface area contributed by atoms with Crippen molar-refractivity contribution in [3.63, 3.8) is 0 Å². The Bertz CT molecular complexity index is 1920. The normalized spacial score (nSPS) is 13.0. The van der Waals surface area contributed by atoms with Crippen LogP contribution < -0.4 is 0 Å². The lowest BCUT2D eigenvalue weighted by Crippen LogP contribution is -1.98. The molecule has 0 aliphatic heterocycles. The summed E-state index contributed by atoms with van der Waals surface area (Å²) >= 11 is 0. The van der Waals surface area contributed by atoms with Gasteiger partial charge in [0, 0.05) is 83.0 Å². The van der Waals surface area contributed by atoms with E-state index in [2.05, 4.69) is 0 Å². The summed E-state index contributed by atoms with van der Waals surface area (Å²) in [4.78, 5) is 0. The molecule has 252 valence electrons. The number of phenolic OH excluding ortho intramolecular Hbond substituents is 8. The smallest absolute Gasteiger partial charge is 0.119 e. The van der Waals surface area contributed by atoms with Crippen molar-refractivity contribution in [3.8, 4) is 46.0 Å². The second-order valence-electron chi connectivity index (χ2n) is 13.1. The van der Waals surface area contributed by atoms with Gasteiger partial charge in [0.05, 0.1) is 0 Å². The lowest BCUT2D eigenvalue weighted by molar-refractivity contribution is 0.444. The largest absolute Gasteiger partial charge is 0.508 e. The maximum atomic E-state index is 10.9. The molecule has 0 saturated carbocycles. The van der Waals surface area contributed by atoms with Crippen molar-refractivity contribution in [2.45, 2.75) is 38.5 Å². The van der Waals surface area contributed by atoms with E-state index in [-0.39, 0.29) is 58.8 Å². The fourth-order valence-electron chi connectivity index (χ4n) is 6.63. The van der Waals surface area contributed by atoms with Gasteiger partial charge in [-0.1, -0.05) is 48.5 Å². The molecular formula is C42H36O8. The summed E-state index contributed by atoms with van der Waals surface area (Å²) in [6.07, 6.45) is 1.51. The topological polar surface area (TPSA) is 162 Å². The molecule has 16 aliphatic rings. The molecule has 0 fully saturated rings. The van der Waals surface area contributed by atoms with Crippen LogP contribution in [0, 0.1) is 0 Å². The van der Waals surface area contributed by atoms with Crippen LogP contribution in [-0.2, 0) is 38.5 Å². The number of hydrogen-bond donors (Lipinski definition) is 8. The SMILES string of the molecule is Oc1cc2c(O)cc1Cc1ccc(cc1)Cc1cc(O)c(cc1O)Cc1cc(O)c(cc1O)Cc1ccc(cc1)Cc1cc(O)c(cc1O)C2. The second-order valence-corrected chi connectivity index (χ2v) is 13.1. The van der Waals surface area contributed by atoms with Gasteiger partial charge in [-0.15, -0.1) is 0 Å². The Labute approximate surface area is 288 Å². The first-order valence-electron chi connectivity index (χ1n) is 16.3. The van der Waals surface area contributed by atoms with Crippen LogP contribution in [0.25, 0.3) is 0 Å². The number of rotatable bonds is 0. The number of aromatic hydroxyl groups is 8. The first-order chi connectivity index (χ1) is 24.0. The van der Waals surface area contributed by atoms with E-state index in [0.717, 1.165) is 22.3 Å². The van der Waals surface area contributed by atoms with Crippen molar-refractivity contribution < 1.29 is 40.9 Å². The van der Waals surface area contributed by atoms with Gasteiger partial charge in [-0.2, -0.15) is 0 Å². The highest BCUT2D eigenvalue weighted by molar-refractivity contribution is 5.55. The summed E-state index contributed by atoms with van der Waals surface area (Å²) in [6.45, 7) is 0. The number of phenols is 8. The molecule has 0 aromatic heterocycles. The van der Waals surface area contributed by atoms with E-state index in [1.54, 1.807) is 0 Å². The van der Waals surface area contributed by atoms with Gasteiger partial charge in [-0.05, 0) is 70.8 Å². The zero-order valence-corrected chi connectivity index (χ0v) is 27.1. The maximum absolute atomic E-state index is 10.9. The molecule has 0 atom stereocenters. The van der Waals surface area contributed by atoms with Crippen molar-refractivity contribution >= 4 is 0 Å². The predicted octanol–water partition coefficient (Wildman–Crippen LogP) is 7.19. The Balaban J connectivity index is 1.25. The van der Waals surface area contributed by atoms with Crippen LogP contribution in [0.3, 0.4) is 0 Å². The van der Waals surface area contributed by atoms with Crippen LogP contribution in [-0.4, -0.2) is 40.9 Å². The molecule has 6 aromatic rings. The summed E-state index contributed by atoms with van der Waals surface area (Å²) < 4.78 is 0. The van der Waals surface area contributed by atoms with Gasteiger partial charge in [-0.3, -0.25) is 0 Å². The van der Waals surface area contributed by atoms with Crippen molar-refractivity contribution in [2.75, 3.05) is 0 Å². The van der Waals surface area contributed by atoms with Crippen LogP contribution >= 0.6 is 0 Å². The quantitative estimate of drug-likeness (QED) is 0.0788. The lowest BCUT2D eigenvalue weighted by atomic mass is 9.94. The third-order valence-electron chi connectivity index (χ3n) is 9.51. The molecule has 0 unspecified atom stereocenters. The standard InChI is InChI=1S/C42H36O8/c43-35-19-31-13-33-21-37(45)29(17-41(33)49)11-25-5-7-26(8-6-25)12-30-18-42(50)34(22-38(30)46)14-32-20-36(44)28(16-40(32)48)10-24-2-1-23(3-4-24)9-27(35)15-39(31)47/h1-8,15-22,43-50H,9-14H2. The van der Waals surface area contributed by atoms with Crippen LogP contribution in [0.15, 0.2) is 97.1 Å². The summed E-state index contributed by atoms with van der Waals surface area (Å²) in [5, 5.41) is 86.9. The Morgan fingerprint density at radius 3 is 0.520 bits per heavy atom. The van der Waals surface area contributed by atoms with Gasteiger partial charge >= 0.3 is 0 Å². The fraction of sp³-hybridized carbons (Fsp3) is 0.143. The van der Waals surface area contributed by atoms with Gasteiger partial charge in [0.1, 0.15) is 46.0 Å². The predicted molar refractivity (Wildman–Crippen MR) is 189 cm³/mol. The Morgan fingerprint density at radius 2 is 0.360 bits per heavy atom. The molecule has 0 heterocycles. The van der Waals surface area contributed by atoms with Gasteiger partial charge in [0.2, 0.25) is 0 Å². The van der Waals surface area contributed by atoms with E-state index in [0.29, 0.717) is 70.2 Å². The summed E-state index contributed by atoms with van der Waals surface area (Å²) in [6, 6.07) is 27.0. The molecular weight excluding hydrogens is 632 g/mol. The van der Waals surface area contributed by atoms with E-state index in [4.69, 9.17) is 0 Å². The Kier molecular flexibility index (Phi) is 8.37. The molecule has 6 aromatic carbocycles. The average Bonchev–Trinajstić information content (AvgIpc) is 3.07. The van der Waals surface area contributed by atoms with Crippen LogP contribution in [0.4, 0.5) is 0 Å². The molecule has 16 aliphatic carbocycles. The van der Waals surface area contributed by atoms with Gasteiger partial charge in [-0.25, -0.2) is 0 Å². The first-order valence-corrected chi connectivity index (χ1v) is 16.3. The lowest BCUT2D eigenvalue weighted by Gasteiger charge is -2.14. The van der Waals surface area contributed by atoms with E-state index < -0.39 is 0 Å². The Morgan fingerprint density at radius 1 is 0.220 bits per heavy atom. The molecule has 8 N–H and O–H groups in total. The summed E-state index contributed by atoms with van der Waals surface area (Å²) in [5.74, 6) is -0.221. The zero-order chi connectivity index (χ0) is 35.1. The monoisotopic (exact) mass is 668 g/mol. The third-order valence-corrected chi connectivity index (χ3v) is 9.51. The second kappa shape index (κ2) is 13.0. The fourth-order valence-corrected chi connectivity index (χ4v) is 6.63. The zero-order valence-electron chi connectivity index (χ0n) is 27.1. The molecule has 0 amide bonds. The average molecular weight is 669 g/mol. The summed E-state index contributed by atoms with van der Waals surface area (Å²) in [7, 11) is 0. The molecule has 8 nitrogen and oxygen atoms in total. The molecule has 0 radical (unpaired) electrons. The maximum Gasteiger partial charge on any atom is 0.119 e. The molecule has 8 heteroatoms. The van der Waals surface area contributed by atoms with E-state index in [1.807, 2.05) is 48.5 Å². The highest BCUT2D eigenvalue weighted by Crippen LogP contribution is 2.37. The molecule has 22 rings (SSSR count). The van der Waals surface area contributed by atoms with E-state index >= 15 is 0 Å². The minimum Gasteiger partial charge on any atom is -0.508 e. The number of benzene rings is 6. The molecule has 0 spiro atoms. The van der Waals surface area contributed by atoms with E-state index in [1.165, 1.54) is 48.5 Å². The van der Waals surface area contributed by atoms with Crippen LogP contribution in [0.1, 0.15) is 66.8 Å². The van der Waals surface area contributed by atoms with E-state index in [9.17, 15) is 40.9 Å². The number of hydrogen-bond acceptors (Lipinski definition) is 8.